The second-order valence-electron chi connectivity index (χ2n) is 6.32. The van der Waals surface area contributed by atoms with Crippen LogP contribution in [0.3, 0.4) is 0 Å². The minimum Gasteiger partial charge on any atom is -0.467 e. The van der Waals surface area contributed by atoms with Crippen LogP contribution in [0.5, 0.6) is 0 Å². The molecule has 4 heteroatoms. The summed E-state index contributed by atoms with van der Waals surface area (Å²) in [6, 6.07) is 9.08. The van der Waals surface area contributed by atoms with Crippen molar-refractivity contribution in [2.45, 2.75) is 39.4 Å². The summed E-state index contributed by atoms with van der Waals surface area (Å²) in [4.78, 5) is 1.84. The van der Waals surface area contributed by atoms with Crippen molar-refractivity contribution in [1.29, 1.82) is 0 Å². The number of nitrogens with zero attached hydrogens (tertiary/aromatic N) is 1. The molecule has 2 aromatic rings. The SMILES string of the molecule is CN(Cc1ccco1)c1ccc(CNC(C)(C)C)cc1F. The minimum atomic E-state index is -0.211. The summed E-state index contributed by atoms with van der Waals surface area (Å²) in [6.07, 6.45) is 1.63. The zero-order valence-electron chi connectivity index (χ0n) is 13.1. The lowest BCUT2D eigenvalue weighted by molar-refractivity contribution is 0.423. The Balaban J connectivity index is 2.04. The Labute approximate surface area is 125 Å². The van der Waals surface area contributed by atoms with Gasteiger partial charge in [0.25, 0.3) is 0 Å². The largest absolute Gasteiger partial charge is 0.467 e. The Morgan fingerprint density at radius 2 is 2.00 bits per heavy atom. The van der Waals surface area contributed by atoms with Crippen LogP contribution in [0.1, 0.15) is 32.1 Å². The zero-order valence-corrected chi connectivity index (χ0v) is 13.1. The summed E-state index contributed by atoms with van der Waals surface area (Å²) >= 11 is 0. The maximum Gasteiger partial charge on any atom is 0.146 e. The molecule has 2 rings (SSSR count). The Kier molecular flexibility index (Phi) is 4.68. The van der Waals surface area contributed by atoms with Crippen LogP contribution in [-0.2, 0) is 13.1 Å². The third kappa shape index (κ3) is 4.60. The maximum atomic E-state index is 14.2. The van der Waals surface area contributed by atoms with Gasteiger partial charge in [-0.1, -0.05) is 6.07 Å². The Morgan fingerprint density at radius 3 is 2.57 bits per heavy atom. The number of nitrogens with one attached hydrogen (secondary N) is 1. The van der Waals surface area contributed by atoms with Crippen LogP contribution in [0.25, 0.3) is 0 Å². The molecule has 0 unspecified atom stereocenters. The molecule has 0 radical (unpaired) electrons. The van der Waals surface area contributed by atoms with E-state index >= 15 is 0 Å². The molecule has 0 spiro atoms. The second-order valence-corrected chi connectivity index (χ2v) is 6.32. The standard InChI is InChI=1S/C17H23FN2O/c1-17(2,3)19-11-13-7-8-16(15(18)10-13)20(4)12-14-6-5-9-21-14/h5-10,19H,11-12H2,1-4H3. The van der Waals surface area contributed by atoms with E-state index in [9.17, 15) is 4.39 Å². The number of hydrogen-bond acceptors (Lipinski definition) is 3. The maximum absolute atomic E-state index is 14.2. The first-order valence-electron chi connectivity index (χ1n) is 7.12. The normalized spacial score (nSPS) is 11.7. The molecule has 1 heterocycles. The molecule has 0 bridgehead atoms. The van der Waals surface area contributed by atoms with Crippen LogP contribution in [-0.4, -0.2) is 12.6 Å². The molecule has 0 amide bonds. The van der Waals surface area contributed by atoms with Gasteiger partial charge in [0.05, 0.1) is 18.5 Å². The Morgan fingerprint density at radius 1 is 1.24 bits per heavy atom. The average molecular weight is 290 g/mol. The number of benzene rings is 1. The van der Waals surface area contributed by atoms with Crippen molar-refractivity contribution >= 4 is 5.69 Å². The van der Waals surface area contributed by atoms with Crippen molar-refractivity contribution in [2.75, 3.05) is 11.9 Å². The fourth-order valence-electron chi connectivity index (χ4n) is 2.06. The van der Waals surface area contributed by atoms with Crippen molar-refractivity contribution in [3.05, 3.63) is 53.7 Å². The molecule has 21 heavy (non-hydrogen) atoms. The van der Waals surface area contributed by atoms with E-state index in [2.05, 4.69) is 26.1 Å². The van der Waals surface area contributed by atoms with Crippen LogP contribution in [0.4, 0.5) is 10.1 Å². The van der Waals surface area contributed by atoms with Gasteiger partial charge in [0.2, 0.25) is 0 Å². The highest BCUT2D eigenvalue weighted by Gasteiger charge is 2.12. The zero-order chi connectivity index (χ0) is 15.5. The molecule has 3 nitrogen and oxygen atoms in total. The third-order valence-corrected chi connectivity index (χ3v) is 3.22. The summed E-state index contributed by atoms with van der Waals surface area (Å²) in [7, 11) is 1.86. The molecule has 1 aromatic heterocycles. The van der Waals surface area contributed by atoms with E-state index in [1.807, 2.05) is 36.2 Å². The van der Waals surface area contributed by atoms with Crippen molar-refractivity contribution in [3.63, 3.8) is 0 Å². The van der Waals surface area contributed by atoms with Gasteiger partial charge in [-0.05, 0) is 50.6 Å². The first-order chi connectivity index (χ1) is 9.85. The summed E-state index contributed by atoms with van der Waals surface area (Å²) in [5.74, 6) is 0.604. The highest BCUT2D eigenvalue weighted by Crippen LogP contribution is 2.21. The fourth-order valence-corrected chi connectivity index (χ4v) is 2.06. The molecule has 0 aliphatic rings. The van der Waals surface area contributed by atoms with Gasteiger partial charge < -0.3 is 14.6 Å². The number of rotatable bonds is 5. The minimum absolute atomic E-state index is 0.0191. The van der Waals surface area contributed by atoms with E-state index in [-0.39, 0.29) is 11.4 Å². The van der Waals surface area contributed by atoms with Gasteiger partial charge in [-0.2, -0.15) is 0 Å². The predicted molar refractivity (Wildman–Crippen MR) is 83.8 cm³/mol. The molecule has 1 N–H and O–H groups in total. The number of hydrogen-bond donors (Lipinski definition) is 1. The monoisotopic (exact) mass is 290 g/mol. The highest BCUT2D eigenvalue weighted by molar-refractivity contribution is 5.48. The van der Waals surface area contributed by atoms with E-state index in [1.165, 1.54) is 0 Å². The van der Waals surface area contributed by atoms with E-state index in [0.717, 1.165) is 11.3 Å². The van der Waals surface area contributed by atoms with E-state index < -0.39 is 0 Å². The van der Waals surface area contributed by atoms with E-state index in [4.69, 9.17) is 4.42 Å². The number of furan rings is 1. The molecule has 0 saturated heterocycles. The highest BCUT2D eigenvalue weighted by atomic mass is 19.1. The summed E-state index contributed by atoms with van der Waals surface area (Å²) < 4.78 is 19.5. The van der Waals surface area contributed by atoms with Crippen LogP contribution in [0.2, 0.25) is 0 Å². The quantitative estimate of drug-likeness (QED) is 0.904. The van der Waals surface area contributed by atoms with Gasteiger partial charge >= 0.3 is 0 Å². The van der Waals surface area contributed by atoms with Crippen molar-refractivity contribution in [3.8, 4) is 0 Å². The van der Waals surface area contributed by atoms with Crippen LogP contribution in [0, 0.1) is 5.82 Å². The van der Waals surface area contributed by atoms with Gasteiger partial charge in [-0.3, -0.25) is 0 Å². The topological polar surface area (TPSA) is 28.4 Å². The molecular formula is C17H23FN2O. The van der Waals surface area contributed by atoms with Crippen molar-refractivity contribution < 1.29 is 8.81 Å². The predicted octanol–water partition coefficient (Wildman–Crippen LogP) is 3.94. The van der Waals surface area contributed by atoms with Crippen LogP contribution in [0.15, 0.2) is 41.0 Å². The molecular weight excluding hydrogens is 267 g/mol. The summed E-state index contributed by atoms with van der Waals surface area (Å²) in [5, 5.41) is 3.36. The second kappa shape index (κ2) is 6.31. The van der Waals surface area contributed by atoms with Crippen molar-refractivity contribution in [2.24, 2.45) is 0 Å². The number of halogens is 1. The van der Waals surface area contributed by atoms with Gasteiger partial charge in [0.15, 0.2) is 0 Å². The number of anilines is 1. The van der Waals surface area contributed by atoms with Gasteiger partial charge in [0.1, 0.15) is 11.6 Å². The fraction of sp³-hybridized carbons (Fsp3) is 0.412. The molecule has 0 fully saturated rings. The Hall–Kier alpha value is -1.81. The molecule has 0 aliphatic heterocycles. The smallest absolute Gasteiger partial charge is 0.146 e. The van der Waals surface area contributed by atoms with Gasteiger partial charge in [-0.15, -0.1) is 0 Å². The third-order valence-electron chi connectivity index (χ3n) is 3.22. The first-order valence-corrected chi connectivity index (χ1v) is 7.12. The molecule has 0 aliphatic carbocycles. The lowest BCUT2D eigenvalue weighted by Crippen LogP contribution is -2.35. The first kappa shape index (κ1) is 15.6. The lowest BCUT2D eigenvalue weighted by atomic mass is 10.1. The summed E-state index contributed by atoms with van der Waals surface area (Å²) in [6.45, 7) is 7.48. The van der Waals surface area contributed by atoms with Crippen LogP contribution < -0.4 is 10.2 Å². The molecule has 1 aromatic carbocycles. The van der Waals surface area contributed by atoms with Gasteiger partial charge in [-0.25, -0.2) is 4.39 Å². The average Bonchev–Trinajstić information content (AvgIpc) is 2.88. The van der Waals surface area contributed by atoms with Crippen LogP contribution >= 0.6 is 0 Å². The summed E-state index contributed by atoms with van der Waals surface area (Å²) in [5.41, 5.74) is 1.54. The van der Waals surface area contributed by atoms with E-state index in [0.29, 0.717) is 18.8 Å². The Bertz CT molecular complexity index is 573. The van der Waals surface area contributed by atoms with Crippen molar-refractivity contribution in [1.82, 2.24) is 5.32 Å². The molecule has 0 saturated carbocycles. The van der Waals surface area contributed by atoms with E-state index in [1.54, 1.807) is 12.3 Å². The molecule has 114 valence electrons. The molecule has 0 atom stereocenters. The van der Waals surface area contributed by atoms with Gasteiger partial charge in [0, 0.05) is 19.1 Å². The lowest BCUT2D eigenvalue weighted by Gasteiger charge is -2.22.